The first kappa shape index (κ1) is 26.1. The molecule has 3 aromatic heterocycles. The minimum atomic E-state index is -0.180. The van der Waals surface area contributed by atoms with Crippen LogP contribution in [0.25, 0.3) is 88.1 Å². The van der Waals surface area contributed by atoms with Crippen LogP contribution in [0.3, 0.4) is 0 Å². The number of para-hydroxylation sites is 4. The summed E-state index contributed by atoms with van der Waals surface area (Å²) in [6, 6.07) is 53.1. The summed E-state index contributed by atoms with van der Waals surface area (Å²) in [6.07, 6.45) is 0. The lowest BCUT2D eigenvalue weighted by atomic mass is 9.82. The largest absolute Gasteiger partial charge is 0.455 e. The molecular weight excluding hydrogens is 585 g/mol. The molecule has 0 atom stereocenters. The first-order valence-corrected chi connectivity index (χ1v) is 16.7. The van der Waals surface area contributed by atoms with E-state index in [0.29, 0.717) is 0 Å². The Morgan fingerprint density at radius 1 is 0.438 bits per heavy atom. The van der Waals surface area contributed by atoms with Crippen LogP contribution >= 0.6 is 0 Å². The second-order valence-corrected chi connectivity index (χ2v) is 13.7. The SMILES string of the molecule is CC1(C)c2cc(-n3c4ccccc4c4ccccc43)ccc2-c2ccc(-n3c4ccccc4c4c5oc6ccccc6c5ccc43)cc21. The van der Waals surface area contributed by atoms with Crippen molar-refractivity contribution in [2.24, 2.45) is 0 Å². The lowest BCUT2D eigenvalue weighted by Gasteiger charge is -2.23. The molecule has 3 heterocycles. The summed E-state index contributed by atoms with van der Waals surface area (Å²) >= 11 is 0. The molecule has 0 spiro atoms. The molecule has 1 aliphatic rings. The predicted molar refractivity (Wildman–Crippen MR) is 200 cm³/mol. The highest BCUT2D eigenvalue weighted by Gasteiger charge is 2.36. The van der Waals surface area contributed by atoms with E-state index in [2.05, 4.69) is 163 Å². The van der Waals surface area contributed by atoms with Gasteiger partial charge in [0, 0.05) is 43.7 Å². The van der Waals surface area contributed by atoms with Crippen molar-refractivity contribution >= 4 is 65.6 Å². The molecule has 0 unspecified atom stereocenters. The number of fused-ring (bicyclic) bond motifs is 13. The zero-order valence-electron chi connectivity index (χ0n) is 26.7. The maximum Gasteiger partial charge on any atom is 0.145 e. The molecule has 0 radical (unpaired) electrons. The summed E-state index contributed by atoms with van der Waals surface area (Å²) in [4.78, 5) is 0. The van der Waals surface area contributed by atoms with Gasteiger partial charge < -0.3 is 13.6 Å². The van der Waals surface area contributed by atoms with Crippen LogP contribution in [0.1, 0.15) is 25.0 Å². The fourth-order valence-corrected chi connectivity index (χ4v) is 8.71. The molecule has 11 rings (SSSR count). The van der Waals surface area contributed by atoms with Crippen LogP contribution in [0.2, 0.25) is 0 Å². The molecule has 1 aliphatic carbocycles. The maximum atomic E-state index is 6.55. The Morgan fingerprint density at radius 2 is 0.938 bits per heavy atom. The van der Waals surface area contributed by atoms with Crippen molar-refractivity contribution in [3.05, 3.63) is 157 Å². The van der Waals surface area contributed by atoms with Crippen molar-refractivity contribution in [1.82, 2.24) is 9.13 Å². The van der Waals surface area contributed by atoms with Crippen LogP contribution in [-0.4, -0.2) is 9.13 Å². The second kappa shape index (κ2) is 9.05. The molecule has 48 heavy (non-hydrogen) atoms. The zero-order valence-corrected chi connectivity index (χ0v) is 26.7. The average molecular weight is 615 g/mol. The molecule has 0 bridgehead atoms. The van der Waals surface area contributed by atoms with Crippen molar-refractivity contribution in [3.8, 4) is 22.5 Å². The zero-order chi connectivity index (χ0) is 31.7. The number of hydrogen-bond donors (Lipinski definition) is 0. The van der Waals surface area contributed by atoms with Gasteiger partial charge in [-0.15, -0.1) is 0 Å². The summed E-state index contributed by atoms with van der Waals surface area (Å²) in [5.74, 6) is 0. The maximum absolute atomic E-state index is 6.55. The van der Waals surface area contributed by atoms with E-state index < -0.39 is 0 Å². The fraction of sp³-hybridized carbons (Fsp3) is 0.0667. The Balaban J connectivity index is 1.11. The van der Waals surface area contributed by atoms with Gasteiger partial charge in [-0.2, -0.15) is 0 Å². The minimum Gasteiger partial charge on any atom is -0.455 e. The number of aromatic nitrogens is 2. The smallest absolute Gasteiger partial charge is 0.145 e. The third kappa shape index (κ3) is 3.23. The van der Waals surface area contributed by atoms with Gasteiger partial charge in [-0.05, 0) is 82.9 Å². The van der Waals surface area contributed by atoms with E-state index in [9.17, 15) is 0 Å². The lowest BCUT2D eigenvalue weighted by Crippen LogP contribution is -2.16. The summed E-state index contributed by atoms with van der Waals surface area (Å²) in [5.41, 5.74) is 14.2. The number of hydrogen-bond acceptors (Lipinski definition) is 1. The quantitative estimate of drug-likeness (QED) is 0.190. The van der Waals surface area contributed by atoms with Crippen molar-refractivity contribution in [1.29, 1.82) is 0 Å². The number of furan rings is 1. The van der Waals surface area contributed by atoms with E-state index in [-0.39, 0.29) is 5.41 Å². The number of benzene rings is 7. The van der Waals surface area contributed by atoms with Crippen molar-refractivity contribution in [2.45, 2.75) is 19.3 Å². The van der Waals surface area contributed by atoms with E-state index in [1.54, 1.807) is 0 Å². The highest BCUT2D eigenvalue weighted by atomic mass is 16.3. The van der Waals surface area contributed by atoms with Crippen LogP contribution in [0, 0.1) is 0 Å². The van der Waals surface area contributed by atoms with Gasteiger partial charge in [0.1, 0.15) is 11.2 Å². The third-order valence-corrected chi connectivity index (χ3v) is 10.9. The second-order valence-electron chi connectivity index (χ2n) is 13.7. The molecule has 3 nitrogen and oxygen atoms in total. The van der Waals surface area contributed by atoms with Gasteiger partial charge in [-0.1, -0.05) is 98.8 Å². The Kier molecular flexibility index (Phi) is 4.91. The van der Waals surface area contributed by atoms with Gasteiger partial charge in [0.2, 0.25) is 0 Å². The topological polar surface area (TPSA) is 23.0 Å². The molecule has 0 amide bonds. The molecule has 0 N–H and O–H groups in total. The summed E-state index contributed by atoms with van der Waals surface area (Å²) in [6.45, 7) is 4.75. The van der Waals surface area contributed by atoms with Gasteiger partial charge in [-0.3, -0.25) is 0 Å². The molecular formula is C45H30N2O. The summed E-state index contributed by atoms with van der Waals surface area (Å²) in [5, 5.41) is 7.25. The van der Waals surface area contributed by atoms with Gasteiger partial charge in [0.15, 0.2) is 0 Å². The van der Waals surface area contributed by atoms with Gasteiger partial charge in [0.05, 0.1) is 27.5 Å². The minimum absolute atomic E-state index is 0.180. The third-order valence-electron chi connectivity index (χ3n) is 10.9. The number of nitrogens with zero attached hydrogens (tertiary/aromatic N) is 2. The highest BCUT2D eigenvalue weighted by molar-refractivity contribution is 6.23. The van der Waals surface area contributed by atoms with Gasteiger partial charge >= 0.3 is 0 Å². The Labute approximate surface area is 276 Å². The predicted octanol–water partition coefficient (Wildman–Crippen LogP) is 12.1. The number of rotatable bonds is 2. The normalized spacial score (nSPS) is 13.8. The van der Waals surface area contributed by atoms with Crippen LogP contribution < -0.4 is 0 Å². The molecule has 3 heteroatoms. The molecule has 0 saturated carbocycles. The van der Waals surface area contributed by atoms with Crippen LogP contribution in [0.15, 0.2) is 150 Å². The van der Waals surface area contributed by atoms with Crippen LogP contribution in [-0.2, 0) is 5.41 Å². The monoisotopic (exact) mass is 614 g/mol. The summed E-state index contributed by atoms with van der Waals surface area (Å²) in [7, 11) is 0. The molecule has 10 aromatic rings. The van der Waals surface area contributed by atoms with Gasteiger partial charge in [-0.25, -0.2) is 0 Å². The Morgan fingerprint density at radius 3 is 1.56 bits per heavy atom. The van der Waals surface area contributed by atoms with Crippen LogP contribution in [0.5, 0.6) is 0 Å². The molecule has 226 valence electrons. The first-order valence-electron chi connectivity index (χ1n) is 16.7. The standard InChI is InChI=1S/C45H30N2O/c1-45(2)36-25-27(46-38-15-7-3-11-31(38)32-12-4-8-16-39(32)46)19-21-29(36)30-22-20-28(26-37(30)45)47-40-17-9-5-14-35(40)43-41(47)24-23-34-33-13-6-10-18-42(33)48-44(34)43/h3-26H,1-2H3. The molecule has 0 saturated heterocycles. The van der Waals surface area contributed by atoms with Gasteiger partial charge in [0.25, 0.3) is 0 Å². The fourth-order valence-electron chi connectivity index (χ4n) is 8.71. The average Bonchev–Trinajstić information content (AvgIpc) is 3.83. The Hall–Kier alpha value is -6.06. The Bertz CT molecular complexity index is 2930. The van der Waals surface area contributed by atoms with E-state index in [4.69, 9.17) is 4.42 Å². The van der Waals surface area contributed by atoms with E-state index >= 15 is 0 Å². The van der Waals surface area contributed by atoms with E-state index in [0.717, 1.165) is 32.8 Å². The molecule has 0 fully saturated rings. The van der Waals surface area contributed by atoms with E-state index in [1.807, 2.05) is 6.07 Å². The first-order chi connectivity index (χ1) is 23.6. The highest BCUT2D eigenvalue weighted by Crippen LogP contribution is 2.51. The van der Waals surface area contributed by atoms with Crippen molar-refractivity contribution in [3.63, 3.8) is 0 Å². The lowest BCUT2D eigenvalue weighted by molar-refractivity contribution is 0.659. The molecule has 7 aromatic carbocycles. The van der Waals surface area contributed by atoms with Crippen molar-refractivity contribution < 1.29 is 4.42 Å². The molecule has 0 aliphatic heterocycles. The van der Waals surface area contributed by atoms with Crippen molar-refractivity contribution in [2.75, 3.05) is 0 Å². The van der Waals surface area contributed by atoms with Crippen LogP contribution in [0.4, 0.5) is 0 Å². The van der Waals surface area contributed by atoms with E-state index in [1.165, 1.54) is 66.3 Å². The summed E-state index contributed by atoms with van der Waals surface area (Å²) < 4.78 is 11.4.